The van der Waals surface area contributed by atoms with Crippen molar-refractivity contribution in [1.29, 1.82) is 0 Å². The zero-order valence-electron chi connectivity index (χ0n) is 43.4. The van der Waals surface area contributed by atoms with E-state index in [0.29, 0.717) is 55.2 Å². The Balaban J connectivity index is 0.000000145. The summed E-state index contributed by atoms with van der Waals surface area (Å²) in [5.41, 5.74) is 10.8. The molecule has 0 bridgehead atoms. The zero-order valence-corrected chi connectivity index (χ0v) is 46.4. The van der Waals surface area contributed by atoms with Crippen LogP contribution in [0.25, 0.3) is 44.3 Å². The van der Waals surface area contributed by atoms with Crippen molar-refractivity contribution in [2.75, 3.05) is 82.9 Å². The Morgan fingerprint density at radius 1 is 0.636 bits per heavy atom. The van der Waals surface area contributed by atoms with Crippen molar-refractivity contribution >= 4 is 97.8 Å². The number of rotatable bonds is 13. The highest BCUT2D eigenvalue weighted by Crippen LogP contribution is 2.46. The predicted octanol–water partition coefficient (Wildman–Crippen LogP) is 11.8. The third-order valence-corrected chi connectivity index (χ3v) is 15.9. The van der Waals surface area contributed by atoms with E-state index in [1.165, 1.54) is 31.2 Å². The number of piperazine rings is 2. The van der Waals surface area contributed by atoms with Crippen molar-refractivity contribution in [3.05, 3.63) is 139 Å². The molecule has 1 N–H and O–H groups in total. The van der Waals surface area contributed by atoms with Gasteiger partial charge in [-0.1, -0.05) is 56.7 Å². The van der Waals surface area contributed by atoms with Crippen LogP contribution in [0.2, 0.25) is 20.1 Å². The highest BCUT2D eigenvalue weighted by atomic mass is 35.5. The molecule has 4 fully saturated rings. The molecule has 15 nitrogen and oxygen atoms in total. The van der Waals surface area contributed by atoms with Gasteiger partial charge in [0.25, 0.3) is 0 Å². The molecule has 19 heteroatoms. The van der Waals surface area contributed by atoms with Crippen molar-refractivity contribution in [2.24, 2.45) is 14.1 Å². The molecule has 0 radical (unpaired) electrons. The Morgan fingerprint density at radius 2 is 1.10 bits per heavy atom. The van der Waals surface area contributed by atoms with E-state index >= 15 is 0 Å². The molecule has 4 aromatic carbocycles. The van der Waals surface area contributed by atoms with E-state index < -0.39 is 0 Å². The van der Waals surface area contributed by atoms with Gasteiger partial charge in [-0.15, -0.1) is 0 Å². The fourth-order valence-electron chi connectivity index (χ4n) is 10.4. The minimum absolute atomic E-state index is 0.287. The Kier molecular flexibility index (Phi) is 16.7. The number of hydrogen-bond donors (Lipinski definition) is 1. The Labute approximate surface area is 466 Å². The van der Waals surface area contributed by atoms with Gasteiger partial charge in [-0.2, -0.15) is 0 Å². The van der Waals surface area contributed by atoms with Gasteiger partial charge in [0.2, 0.25) is 0 Å². The lowest BCUT2D eigenvalue weighted by Crippen LogP contribution is -2.47. The summed E-state index contributed by atoms with van der Waals surface area (Å²) in [4.78, 5) is 42.0. The maximum atomic E-state index is 12.1. The van der Waals surface area contributed by atoms with Crippen LogP contribution in [0, 0.1) is 0 Å². The minimum atomic E-state index is -0.309. The third kappa shape index (κ3) is 11.9. The van der Waals surface area contributed by atoms with E-state index in [4.69, 9.17) is 64.9 Å². The number of carbonyl (C=O) groups is 3. The number of ether oxygens (including phenoxy) is 2. The van der Waals surface area contributed by atoms with Gasteiger partial charge in [-0.25, -0.2) is 9.59 Å². The summed E-state index contributed by atoms with van der Waals surface area (Å²) in [7, 11) is 6.74. The van der Waals surface area contributed by atoms with Crippen molar-refractivity contribution in [3.8, 4) is 22.5 Å². The molecule has 4 aromatic heterocycles. The molecule has 2 aliphatic heterocycles. The normalized spacial score (nSPS) is 15.7. The maximum Gasteiger partial charge on any atom is 0.340 e. The van der Waals surface area contributed by atoms with Crippen LogP contribution in [0.15, 0.2) is 94.2 Å². The second-order valence-corrected chi connectivity index (χ2v) is 21.6. The predicted molar refractivity (Wildman–Crippen MR) is 304 cm³/mol. The average molecular weight is 1120 g/mol. The molecule has 6 heterocycles. The molecule has 0 unspecified atom stereocenters. The van der Waals surface area contributed by atoms with Crippen molar-refractivity contribution in [1.82, 2.24) is 29.7 Å². The van der Waals surface area contributed by atoms with E-state index in [0.717, 1.165) is 153 Å². The molecule has 0 spiro atoms. The monoisotopic (exact) mass is 1120 g/mol. The van der Waals surface area contributed by atoms with Crippen LogP contribution in [0.3, 0.4) is 0 Å². The van der Waals surface area contributed by atoms with E-state index in [1.807, 2.05) is 59.9 Å². The smallest absolute Gasteiger partial charge is 0.340 e. The lowest BCUT2D eigenvalue weighted by Gasteiger charge is -2.36. The Hall–Kier alpha value is -6.33. The number of anilines is 2. The van der Waals surface area contributed by atoms with Gasteiger partial charge in [0, 0.05) is 158 Å². The first-order valence-corrected chi connectivity index (χ1v) is 27.4. The molecule has 0 amide bonds. The van der Waals surface area contributed by atoms with Gasteiger partial charge in [0.1, 0.15) is 29.2 Å². The summed E-state index contributed by atoms with van der Waals surface area (Å²) >= 11 is 24.7. The minimum Gasteiger partial charge on any atom is -0.465 e. The standard InChI is InChI=1S/C29H30Cl2N4O3.C15H19N3O2.C14H11Cl2NO2/c1-33-17-24(29(36)37-2)21-8-6-20(16-26(21)33)35-13-11-34(12-14-35)10-9-23-27(32-38-28(23)18-3-4-18)22-7-5-19(30)15-25(22)31;1-17-10-13(15(19)20-2)12-4-3-11(9-14(12)17)18-7-5-16-6-8-18;15-9-3-4-10(12(16)7-9)13-11(5-6-18)14(19-17-13)8-1-2-8/h5-8,15-18H,3-4,9-14H2,1-2H3;3-4,9-10,16H,5-8H2,1-2H3;3-4,6-8H,1-2,5H2. The number of nitrogens with one attached hydrogen (secondary N) is 1. The summed E-state index contributed by atoms with van der Waals surface area (Å²) in [5, 5.41) is 16.0. The summed E-state index contributed by atoms with van der Waals surface area (Å²) < 4.78 is 25.0. The van der Waals surface area contributed by atoms with E-state index in [1.54, 1.807) is 24.3 Å². The van der Waals surface area contributed by atoms with Crippen LogP contribution >= 0.6 is 46.4 Å². The molecule has 2 saturated carbocycles. The van der Waals surface area contributed by atoms with Crippen LogP contribution in [-0.2, 0) is 41.2 Å². The molecule has 77 heavy (non-hydrogen) atoms. The summed E-state index contributed by atoms with van der Waals surface area (Å²) in [5.74, 6) is 2.13. The number of hydrogen-bond acceptors (Lipinski definition) is 13. The quantitative estimate of drug-likeness (QED) is 0.0861. The summed E-state index contributed by atoms with van der Waals surface area (Å²) in [6.07, 6.45) is 10.2. The molecule has 2 saturated heterocycles. The fraction of sp³-hybridized carbons (Fsp3) is 0.362. The summed E-state index contributed by atoms with van der Waals surface area (Å²) in [6, 6.07) is 23.3. The summed E-state index contributed by atoms with van der Waals surface area (Å²) in [6.45, 7) is 8.81. The van der Waals surface area contributed by atoms with Gasteiger partial charge in [0.15, 0.2) is 0 Å². The number of carbonyl (C=O) groups excluding carboxylic acids is 3. The average Bonchev–Trinajstić information content (AvgIpc) is 4.37. The highest BCUT2D eigenvalue weighted by Gasteiger charge is 2.34. The van der Waals surface area contributed by atoms with Gasteiger partial charge >= 0.3 is 11.9 Å². The molecule has 4 aliphatic rings. The van der Waals surface area contributed by atoms with Gasteiger partial charge < -0.3 is 47.6 Å². The highest BCUT2D eigenvalue weighted by molar-refractivity contribution is 6.37. The number of fused-ring (bicyclic) bond motifs is 2. The number of aromatic nitrogens is 4. The first kappa shape index (κ1) is 54.0. The third-order valence-electron chi connectivity index (χ3n) is 14.9. The van der Waals surface area contributed by atoms with Crippen LogP contribution < -0.4 is 15.1 Å². The molecular formula is C58H60Cl4N8O7. The molecule has 402 valence electrons. The zero-order chi connectivity index (χ0) is 53.9. The van der Waals surface area contributed by atoms with Crippen molar-refractivity contribution in [3.63, 3.8) is 0 Å². The van der Waals surface area contributed by atoms with Gasteiger partial charge in [-0.05, 0) is 105 Å². The maximum absolute atomic E-state index is 12.1. The van der Waals surface area contributed by atoms with Crippen LogP contribution in [0.5, 0.6) is 0 Å². The van der Waals surface area contributed by atoms with Gasteiger partial charge in [0.05, 0.1) is 46.4 Å². The van der Waals surface area contributed by atoms with Crippen LogP contribution in [0.4, 0.5) is 11.4 Å². The van der Waals surface area contributed by atoms with E-state index in [-0.39, 0.29) is 11.9 Å². The topological polar surface area (TPSA) is 153 Å². The number of aryl methyl sites for hydroxylation is 2. The second-order valence-electron chi connectivity index (χ2n) is 19.9. The Bertz CT molecular complexity index is 3450. The number of esters is 2. The largest absolute Gasteiger partial charge is 0.465 e. The number of halogens is 4. The van der Waals surface area contributed by atoms with Gasteiger partial charge in [-0.3, -0.25) is 4.90 Å². The lowest BCUT2D eigenvalue weighted by molar-refractivity contribution is -0.107. The number of aldehydes is 1. The van der Waals surface area contributed by atoms with Crippen molar-refractivity contribution in [2.45, 2.75) is 50.4 Å². The Morgan fingerprint density at radius 3 is 1.56 bits per heavy atom. The SMILES string of the molecule is COC(=O)c1cn(C)c2cc(N3CCN(CCc4c(-c5ccc(Cl)cc5Cl)noc4C4CC4)CC3)ccc12.COC(=O)c1cn(C)c2cc(N3CCNCC3)ccc12.O=CCc1c(-c2ccc(Cl)cc2Cl)noc1C1CC1. The lowest BCUT2D eigenvalue weighted by atomic mass is 10.0. The van der Waals surface area contributed by atoms with E-state index in [9.17, 15) is 14.4 Å². The first-order chi connectivity index (χ1) is 37.3. The molecule has 12 rings (SSSR count). The first-order valence-electron chi connectivity index (χ1n) is 25.9. The molecular weight excluding hydrogens is 1060 g/mol. The number of benzene rings is 4. The number of nitrogens with zero attached hydrogens (tertiary/aromatic N) is 7. The van der Waals surface area contributed by atoms with E-state index in [2.05, 4.69) is 54.6 Å². The van der Waals surface area contributed by atoms with Crippen molar-refractivity contribution < 1.29 is 32.9 Å². The van der Waals surface area contributed by atoms with Crippen LogP contribution in [0.1, 0.15) is 80.9 Å². The molecule has 8 aromatic rings. The molecule has 2 aliphatic carbocycles. The van der Waals surface area contributed by atoms with Crippen LogP contribution in [-0.4, -0.2) is 116 Å². The fourth-order valence-corrected chi connectivity index (χ4v) is 11.4. The molecule has 0 atom stereocenters. The second kappa shape index (κ2) is 23.7. The number of methoxy groups -OCH3 is 2.